The van der Waals surface area contributed by atoms with E-state index >= 15 is 0 Å². The molecule has 0 heterocycles. The highest BCUT2D eigenvalue weighted by Gasteiger charge is 2.13. The zero-order valence-corrected chi connectivity index (χ0v) is 14.6. The van der Waals surface area contributed by atoms with Gasteiger partial charge in [-0.15, -0.1) is 0 Å². The van der Waals surface area contributed by atoms with Crippen LogP contribution in [0.5, 0.6) is 0 Å². The van der Waals surface area contributed by atoms with E-state index in [2.05, 4.69) is 23.6 Å². The third-order valence-corrected chi connectivity index (χ3v) is 4.03. The summed E-state index contributed by atoms with van der Waals surface area (Å²) < 4.78 is 0. The zero-order valence-electron chi connectivity index (χ0n) is 13.9. The number of anilines is 1. The van der Waals surface area contributed by atoms with Crippen molar-refractivity contribution in [3.63, 3.8) is 0 Å². The van der Waals surface area contributed by atoms with Crippen LogP contribution in [0, 0.1) is 6.92 Å². The molecule has 126 valence electrons. The van der Waals surface area contributed by atoms with Crippen molar-refractivity contribution in [1.29, 1.82) is 0 Å². The molecule has 4 nitrogen and oxygen atoms in total. The molecular formula is C19H21ClN2O2. The van der Waals surface area contributed by atoms with Crippen molar-refractivity contribution >= 4 is 29.2 Å². The quantitative estimate of drug-likeness (QED) is 0.806. The van der Waals surface area contributed by atoms with Gasteiger partial charge in [0, 0.05) is 5.69 Å². The lowest BCUT2D eigenvalue weighted by molar-refractivity contribution is 0.0967. The molecule has 0 aromatic heterocycles. The summed E-state index contributed by atoms with van der Waals surface area (Å²) in [6.45, 7) is 4.09. The van der Waals surface area contributed by atoms with Crippen molar-refractivity contribution in [2.75, 3.05) is 5.32 Å². The number of unbranched alkanes of at least 4 members (excludes halogenated alkanes) is 1. The van der Waals surface area contributed by atoms with Gasteiger partial charge >= 0.3 is 6.03 Å². The Labute approximate surface area is 147 Å². The molecule has 0 saturated heterocycles. The number of benzene rings is 2. The van der Waals surface area contributed by atoms with Crippen molar-refractivity contribution < 1.29 is 9.59 Å². The molecule has 2 aromatic rings. The number of hydrogen-bond donors (Lipinski definition) is 2. The fourth-order valence-electron chi connectivity index (χ4n) is 2.37. The second-order valence-electron chi connectivity index (χ2n) is 5.64. The van der Waals surface area contributed by atoms with E-state index < -0.39 is 11.9 Å². The summed E-state index contributed by atoms with van der Waals surface area (Å²) in [4.78, 5) is 24.1. The Morgan fingerprint density at radius 3 is 2.54 bits per heavy atom. The molecule has 0 aliphatic rings. The highest BCUT2D eigenvalue weighted by molar-refractivity contribution is 6.34. The Balaban J connectivity index is 1.99. The largest absolute Gasteiger partial charge is 0.326 e. The summed E-state index contributed by atoms with van der Waals surface area (Å²) in [5.74, 6) is -0.532. The molecular weight excluding hydrogens is 324 g/mol. The molecule has 0 fully saturated rings. The lowest BCUT2D eigenvalue weighted by atomic mass is 10.0. The number of hydrogen-bond acceptors (Lipinski definition) is 2. The average Bonchev–Trinajstić information content (AvgIpc) is 2.55. The highest BCUT2D eigenvalue weighted by atomic mass is 35.5. The molecule has 0 radical (unpaired) electrons. The third-order valence-electron chi connectivity index (χ3n) is 3.70. The van der Waals surface area contributed by atoms with Gasteiger partial charge in [-0.1, -0.05) is 49.2 Å². The summed E-state index contributed by atoms with van der Waals surface area (Å²) in [6, 6.07) is 11.9. The average molecular weight is 345 g/mol. The monoisotopic (exact) mass is 344 g/mol. The minimum absolute atomic E-state index is 0.265. The van der Waals surface area contributed by atoms with Crippen molar-refractivity contribution in [1.82, 2.24) is 5.32 Å². The number of urea groups is 1. The number of carbonyl (C=O) groups is 2. The maximum Gasteiger partial charge on any atom is 0.326 e. The summed E-state index contributed by atoms with van der Waals surface area (Å²) in [5.41, 5.74) is 3.15. The summed E-state index contributed by atoms with van der Waals surface area (Å²) in [7, 11) is 0. The molecule has 2 aromatic carbocycles. The summed E-state index contributed by atoms with van der Waals surface area (Å²) >= 11 is 5.95. The van der Waals surface area contributed by atoms with Gasteiger partial charge in [0.2, 0.25) is 0 Å². The molecule has 2 N–H and O–H groups in total. The second-order valence-corrected chi connectivity index (χ2v) is 6.05. The lowest BCUT2D eigenvalue weighted by Gasteiger charge is -2.11. The van der Waals surface area contributed by atoms with E-state index in [1.807, 2.05) is 19.1 Å². The molecule has 0 bridgehead atoms. The normalized spacial score (nSPS) is 10.3. The first-order valence-corrected chi connectivity index (χ1v) is 8.35. The Hall–Kier alpha value is -2.33. The topological polar surface area (TPSA) is 58.2 Å². The number of halogens is 1. The van der Waals surface area contributed by atoms with Crippen LogP contribution in [0.2, 0.25) is 5.02 Å². The van der Waals surface area contributed by atoms with Crippen LogP contribution in [0.4, 0.5) is 10.5 Å². The van der Waals surface area contributed by atoms with Gasteiger partial charge in [0.25, 0.3) is 5.91 Å². The predicted molar refractivity (Wildman–Crippen MR) is 97.7 cm³/mol. The Bertz CT molecular complexity index is 744. The molecule has 0 unspecified atom stereocenters. The maximum absolute atomic E-state index is 12.1. The van der Waals surface area contributed by atoms with Crippen LogP contribution >= 0.6 is 11.6 Å². The first-order chi connectivity index (χ1) is 11.5. The molecule has 0 aliphatic carbocycles. The number of aryl methyl sites for hydroxylation is 2. The van der Waals surface area contributed by atoms with Gasteiger partial charge in [0.05, 0.1) is 10.6 Å². The van der Waals surface area contributed by atoms with E-state index in [9.17, 15) is 9.59 Å². The van der Waals surface area contributed by atoms with E-state index in [4.69, 9.17) is 11.6 Å². The van der Waals surface area contributed by atoms with E-state index in [0.717, 1.165) is 24.8 Å². The minimum Gasteiger partial charge on any atom is -0.307 e. The Morgan fingerprint density at radius 2 is 1.88 bits per heavy atom. The van der Waals surface area contributed by atoms with Crippen LogP contribution in [0.25, 0.3) is 0 Å². The van der Waals surface area contributed by atoms with Gasteiger partial charge in [-0.05, 0) is 49.1 Å². The third kappa shape index (κ3) is 4.83. The van der Waals surface area contributed by atoms with Crippen LogP contribution in [-0.2, 0) is 6.42 Å². The van der Waals surface area contributed by atoms with Crippen LogP contribution in [0.3, 0.4) is 0 Å². The molecule has 5 heteroatoms. The van der Waals surface area contributed by atoms with Crippen LogP contribution in [0.1, 0.15) is 41.3 Å². The smallest absolute Gasteiger partial charge is 0.307 e. The number of nitrogens with one attached hydrogen (secondary N) is 2. The molecule has 0 aliphatic heterocycles. The lowest BCUT2D eigenvalue weighted by Crippen LogP contribution is -2.34. The van der Waals surface area contributed by atoms with Crippen molar-refractivity contribution in [3.8, 4) is 0 Å². The molecule has 0 atom stereocenters. The van der Waals surface area contributed by atoms with Gasteiger partial charge in [-0.25, -0.2) is 4.79 Å². The van der Waals surface area contributed by atoms with Gasteiger partial charge in [-0.3, -0.25) is 10.1 Å². The van der Waals surface area contributed by atoms with Gasteiger partial charge in [-0.2, -0.15) is 0 Å². The number of imide groups is 1. The van der Waals surface area contributed by atoms with Gasteiger partial charge in [0.1, 0.15) is 0 Å². The first-order valence-electron chi connectivity index (χ1n) is 7.97. The number of amides is 3. The number of carbonyl (C=O) groups excluding carboxylic acids is 2. The maximum atomic E-state index is 12.1. The fourth-order valence-corrected chi connectivity index (χ4v) is 2.59. The predicted octanol–water partition coefficient (Wildman–Crippen LogP) is 4.95. The molecule has 0 saturated carbocycles. The van der Waals surface area contributed by atoms with Gasteiger partial charge in [0.15, 0.2) is 0 Å². The highest BCUT2D eigenvalue weighted by Crippen LogP contribution is 2.18. The van der Waals surface area contributed by atoms with Crippen LogP contribution < -0.4 is 10.6 Å². The van der Waals surface area contributed by atoms with E-state index in [0.29, 0.717) is 10.7 Å². The standard InChI is InChI=1S/C19H21ClN2O2/c1-3-4-7-14-10-11-17(13(2)12-14)21-19(24)22-18(23)15-8-5-6-9-16(15)20/h5-6,8-12H,3-4,7H2,1-2H3,(H2,21,22,23,24). The molecule has 2 rings (SSSR count). The van der Waals surface area contributed by atoms with E-state index in [-0.39, 0.29) is 5.56 Å². The molecule has 0 spiro atoms. The SMILES string of the molecule is CCCCc1ccc(NC(=O)NC(=O)c2ccccc2Cl)c(C)c1. The van der Waals surface area contributed by atoms with Gasteiger partial charge < -0.3 is 5.32 Å². The van der Waals surface area contributed by atoms with Crippen molar-refractivity contribution in [3.05, 3.63) is 64.2 Å². The summed E-state index contributed by atoms with van der Waals surface area (Å²) in [5, 5.41) is 5.29. The summed E-state index contributed by atoms with van der Waals surface area (Å²) in [6.07, 6.45) is 3.31. The Morgan fingerprint density at radius 1 is 1.12 bits per heavy atom. The molecule has 24 heavy (non-hydrogen) atoms. The zero-order chi connectivity index (χ0) is 17.5. The molecule has 3 amide bonds. The first kappa shape index (κ1) is 18.0. The van der Waals surface area contributed by atoms with E-state index in [1.165, 1.54) is 5.56 Å². The van der Waals surface area contributed by atoms with Crippen LogP contribution in [0.15, 0.2) is 42.5 Å². The Kier molecular flexibility index (Phi) is 6.38. The number of rotatable bonds is 5. The van der Waals surface area contributed by atoms with Crippen molar-refractivity contribution in [2.45, 2.75) is 33.1 Å². The van der Waals surface area contributed by atoms with Crippen LogP contribution in [-0.4, -0.2) is 11.9 Å². The fraction of sp³-hybridized carbons (Fsp3) is 0.263. The van der Waals surface area contributed by atoms with Crippen molar-refractivity contribution in [2.24, 2.45) is 0 Å². The van der Waals surface area contributed by atoms with E-state index in [1.54, 1.807) is 24.3 Å². The second kappa shape index (κ2) is 8.50. The minimum atomic E-state index is -0.579.